The van der Waals surface area contributed by atoms with E-state index < -0.39 is 231 Å². The van der Waals surface area contributed by atoms with Crippen molar-refractivity contribution in [3.8, 4) is 57.1 Å². The molecule has 11 unspecified atom stereocenters. The van der Waals surface area contributed by atoms with Gasteiger partial charge in [-0.1, -0.05) is 55.2 Å². The van der Waals surface area contributed by atoms with E-state index in [-0.39, 0.29) is 58.4 Å². The number of phenols is 3. The number of ether oxygens (including phenoxy) is 5. The lowest BCUT2D eigenvalue weighted by molar-refractivity contribution is -0.286. The van der Waals surface area contributed by atoms with Gasteiger partial charge in [-0.25, -0.2) is 4.79 Å². The molecule has 6 aliphatic heterocycles. The minimum Gasteiger partial charge on any atom is -0.508 e. The van der Waals surface area contributed by atoms with Crippen LogP contribution in [-0.2, 0) is 47.8 Å². The van der Waals surface area contributed by atoms with Crippen LogP contribution in [0, 0.1) is 11.8 Å². The minimum atomic E-state index is -2.31. The van der Waals surface area contributed by atoms with E-state index in [0.29, 0.717) is 0 Å². The summed E-state index contributed by atoms with van der Waals surface area (Å²) in [5, 5.41) is 131. The molecule has 18 atom stereocenters. The number of carboxylic acids is 1. The van der Waals surface area contributed by atoms with Crippen LogP contribution in [0.3, 0.4) is 0 Å². The van der Waals surface area contributed by atoms with E-state index in [4.69, 9.17) is 58.4 Å². The molecule has 34 heteroatoms. The molecule has 32 nitrogen and oxygen atoms in total. The number of nitrogens with two attached hydrogens (primary N) is 2. The van der Waals surface area contributed by atoms with Gasteiger partial charge in [-0.3, -0.25) is 33.6 Å². The quantitative estimate of drug-likeness (QED) is 0.0774. The molecule has 5 aromatic carbocycles. The van der Waals surface area contributed by atoms with Gasteiger partial charge in [0.2, 0.25) is 47.1 Å². The Balaban J connectivity index is 1.24. The molecule has 1 saturated heterocycles. The third-order valence-corrected chi connectivity index (χ3v) is 18.9. The minimum absolute atomic E-state index is 0.0906. The summed E-state index contributed by atoms with van der Waals surface area (Å²) >= 11 is 14.2. The smallest absolute Gasteiger partial charge is 0.330 e. The Morgan fingerprint density at radius 2 is 1.33 bits per heavy atom. The summed E-state index contributed by atoms with van der Waals surface area (Å²) in [5.74, 6) is -16.6. The number of hydrogen-bond donors (Lipinski definition) is 19. The van der Waals surface area contributed by atoms with Crippen LogP contribution in [0.1, 0.15) is 112 Å². The van der Waals surface area contributed by atoms with E-state index in [1.54, 1.807) is 0 Å². The van der Waals surface area contributed by atoms with Crippen LogP contribution in [0.5, 0.6) is 46.0 Å². The third-order valence-electron chi connectivity index (χ3n) is 18.3. The number of carboxylic acid groups (broad SMARTS) is 1. The molecule has 0 spiro atoms. The second kappa shape index (κ2) is 30.2. The summed E-state index contributed by atoms with van der Waals surface area (Å²) in [6, 6.07) is -0.249. The van der Waals surface area contributed by atoms with Crippen molar-refractivity contribution in [2.75, 3.05) is 13.7 Å². The predicted molar refractivity (Wildman–Crippen MR) is 353 cm³/mol. The second-order valence-corrected chi connectivity index (χ2v) is 27.0. The van der Waals surface area contributed by atoms with E-state index in [0.717, 1.165) is 60.7 Å². The molecule has 6 heterocycles. The summed E-state index contributed by atoms with van der Waals surface area (Å²) < 4.78 is 32.7. The largest absolute Gasteiger partial charge is 0.508 e. The first kappa shape index (κ1) is 74.5. The SMILES string of the molecule is CN[C@H](CC(C)C)C(=O)NC1C(=O)N[C@@H](CC(N)=O)C(=O)N[C@H]2C(=O)N[C@H]3C(=O)N[C@H](C(=O)NC(C(=O)O)c4cc(O)cc(O)c4-c4cc3ccc4O)[C@H](O)c3ccc(c(Cl)c3)Oc3cc2cc(c3OC2CC(CO)C(O)C(O)C2OC2CC(C)(N)C(O)C(C)O2)Oc2ccc(cc2Cl)[C@H]1O. The van der Waals surface area contributed by atoms with Crippen LogP contribution in [0.15, 0.2) is 78.9 Å². The highest BCUT2D eigenvalue weighted by molar-refractivity contribution is 6.32. The number of hydrogen-bond acceptors (Lipinski definition) is 24. The fourth-order valence-electron chi connectivity index (χ4n) is 13.0. The molecule has 2 fully saturated rings. The zero-order chi connectivity index (χ0) is 73.5. The number of carbonyl (C=O) groups excluding carboxylic acids is 7. The van der Waals surface area contributed by atoms with Crippen LogP contribution in [0.4, 0.5) is 0 Å². The lowest BCUT2D eigenvalue weighted by Gasteiger charge is -2.47. The number of nitrogens with one attached hydrogen (secondary N) is 7. The van der Waals surface area contributed by atoms with E-state index in [1.807, 2.05) is 13.8 Å². The van der Waals surface area contributed by atoms with Gasteiger partial charge >= 0.3 is 5.97 Å². The molecule has 101 heavy (non-hydrogen) atoms. The zero-order valence-corrected chi connectivity index (χ0v) is 56.1. The fourth-order valence-corrected chi connectivity index (χ4v) is 13.4. The number of aliphatic hydroxyl groups excluding tert-OH is 6. The number of phenolic OH excluding ortho intramolecular Hbond substituents is 3. The molecule has 11 bridgehead atoms. The Morgan fingerprint density at radius 1 is 0.723 bits per heavy atom. The summed E-state index contributed by atoms with van der Waals surface area (Å²) in [5.41, 5.74) is 8.21. The van der Waals surface area contributed by atoms with Gasteiger partial charge in [-0.2, -0.15) is 0 Å². The number of carbonyl (C=O) groups is 8. The monoisotopic (exact) mass is 1450 g/mol. The predicted octanol–water partition coefficient (Wildman–Crippen LogP) is 0.770. The molecule has 7 amide bonds. The van der Waals surface area contributed by atoms with E-state index in [9.17, 15) is 75.0 Å². The van der Waals surface area contributed by atoms with E-state index >= 15 is 14.4 Å². The number of primary amides is 1. The maximum Gasteiger partial charge on any atom is 0.330 e. The van der Waals surface area contributed by atoms with Gasteiger partial charge < -0.3 is 123 Å². The number of halogens is 2. The molecule has 1 aliphatic carbocycles. The maximum atomic E-state index is 16.0. The molecule has 1 saturated carbocycles. The molecule has 21 N–H and O–H groups in total. The molecular formula is C67H77Cl2N9O23. The van der Waals surface area contributed by atoms with Crippen molar-refractivity contribution in [3.05, 3.63) is 117 Å². The Hall–Kier alpha value is -9.16. The second-order valence-electron chi connectivity index (χ2n) is 26.2. The average Bonchev–Trinajstić information content (AvgIpc) is 0.775. The van der Waals surface area contributed by atoms with E-state index in [2.05, 4.69) is 37.2 Å². The topological polar surface area (TPSA) is 521 Å². The molecule has 542 valence electrons. The van der Waals surface area contributed by atoms with Crippen LogP contribution in [0.2, 0.25) is 10.0 Å². The fraction of sp³-hybridized carbons (Fsp3) is 0.433. The Bertz CT molecular complexity index is 4070. The van der Waals surface area contributed by atoms with Crippen molar-refractivity contribution in [2.45, 2.75) is 156 Å². The van der Waals surface area contributed by atoms with Crippen LogP contribution >= 0.6 is 23.2 Å². The standard InChI is InChI=1S/C67H77Cl2N9O23/c1-24(2)12-36(72-5)60(89)77-51-53(84)27-7-10-40(34(68)14-27)98-42-16-29-17-43(57(42)100-44-18-30(23-79)55(86)56(87)58(44)101-46-22-67(4,71)59(88)25(3)97-46)99-41-11-8-28(15-35(41)69)54(85)52-65(94)76-50(66(95)96)33-19-31(80)20-39(82)47(33)32-13-26(6-9-38(32)81)48(62(91)78-52)75-63(92)49(29)74-61(90)37(21-45(70)83)73-64(51)93/h6-11,13-17,19-20,24-25,30,36-37,44,46,48-56,58-59,72,79-82,84-88H,12,18,21-23,71H2,1-5H3,(H2,70,83)(H,73,93)(H,74,90)(H,75,92)(H,76,94)(H,77,89)(H,78,91)(H,95,96)/t25?,30?,36-,37+,44?,46?,48-,49-,50?,51?,52+,53-,54-,55?,56?,58?,59?,67?/m1/s1. The Labute approximate surface area is 585 Å². The summed E-state index contributed by atoms with van der Waals surface area (Å²) in [6.45, 7) is 5.96. The Kier molecular flexibility index (Phi) is 22.3. The van der Waals surface area contributed by atoms with Crippen molar-refractivity contribution in [1.82, 2.24) is 37.2 Å². The first-order chi connectivity index (χ1) is 47.7. The number of fused-ring (bicyclic) bond motifs is 15. The lowest BCUT2D eigenvalue weighted by Crippen LogP contribution is -2.63. The van der Waals surface area contributed by atoms with Crippen molar-refractivity contribution >= 4 is 70.5 Å². The maximum absolute atomic E-state index is 16.0. The Morgan fingerprint density at radius 3 is 1.91 bits per heavy atom. The summed E-state index contributed by atoms with van der Waals surface area (Å²) in [6.07, 6.45) is -15.9. The number of benzene rings is 5. The number of aliphatic hydroxyl groups is 6. The van der Waals surface area contributed by atoms with Crippen LogP contribution < -0.4 is 62.9 Å². The number of amides is 7. The highest BCUT2D eigenvalue weighted by atomic mass is 35.5. The molecule has 12 rings (SSSR count). The molecule has 0 radical (unpaired) electrons. The van der Waals surface area contributed by atoms with Gasteiger partial charge in [0.1, 0.15) is 89.5 Å². The van der Waals surface area contributed by atoms with Gasteiger partial charge in [0, 0.05) is 47.2 Å². The number of rotatable bonds is 13. The molecule has 0 aromatic heterocycles. The third kappa shape index (κ3) is 15.8. The highest BCUT2D eigenvalue weighted by Crippen LogP contribution is 2.50. The highest BCUT2D eigenvalue weighted by Gasteiger charge is 2.51. The first-order valence-electron chi connectivity index (χ1n) is 32.0. The molecular weight excluding hydrogens is 1370 g/mol. The van der Waals surface area contributed by atoms with Crippen molar-refractivity contribution in [1.29, 1.82) is 0 Å². The normalized spacial score (nSPS) is 29.4. The zero-order valence-electron chi connectivity index (χ0n) is 54.6. The van der Waals surface area contributed by atoms with Gasteiger partial charge in [0.25, 0.3) is 0 Å². The van der Waals surface area contributed by atoms with Crippen LogP contribution in [-0.4, -0.2) is 185 Å². The molecule has 5 aromatic rings. The van der Waals surface area contributed by atoms with Crippen molar-refractivity contribution < 1.29 is 113 Å². The van der Waals surface area contributed by atoms with Gasteiger partial charge in [0.15, 0.2) is 23.8 Å². The first-order valence-corrected chi connectivity index (χ1v) is 32.7. The number of likely N-dealkylation sites (N-methyl/N-ethyl adjacent to an activating group) is 1. The average molecular weight is 1450 g/mol. The van der Waals surface area contributed by atoms with Crippen LogP contribution in [0.25, 0.3) is 11.1 Å². The van der Waals surface area contributed by atoms with Gasteiger partial charge in [-0.15, -0.1) is 0 Å². The van der Waals surface area contributed by atoms with Crippen molar-refractivity contribution in [2.24, 2.45) is 23.3 Å². The molecule has 7 aliphatic rings. The summed E-state index contributed by atoms with van der Waals surface area (Å²) in [7, 11) is 1.48. The number of aromatic hydroxyl groups is 3. The lowest BCUT2D eigenvalue weighted by atomic mass is 9.80. The number of aliphatic carboxylic acids is 1. The van der Waals surface area contributed by atoms with Gasteiger partial charge in [-0.05, 0) is 117 Å². The van der Waals surface area contributed by atoms with E-state index in [1.165, 1.54) is 39.1 Å². The summed E-state index contributed by atoms with van der Waals surface area (Å²) in [4.78, 5) is 117. The van der Waals surface area contributed by atoms with Crippen molar-refractivity contribution in [3.63, 3.8) is 0 Å². The van der Waals surface area contributed by atoms with Gasteiger partial charge in [0.05, 0.1) is 40.8 Å².